The summed E-state index contributed by atoms with van der Waals surface area (Å²) in [5.74, 6) is -1.72. The summed E-state index contributed by atoms with van der Waals surface area (Å²) in [6.45, 7) is 0.493. The molecule has 0 bridgehead atoms. The molecule has 1 aliphatic rings. The molecule has 1 aliphatic heterocycles. The standard InChI is InChI=1S/C11H16N2O4/c1-12(2)11(17)8-4-3-7-13(8)9(14)5-6-10(15)16/h5-6,8H,3-4,7H2,1-2H3,(H,15,16)/b6-5+. The van der Waals surface area contributed by atoms with Gasteiger partial charge in [0.25, 0.3) is 0 Å². The lowest BCUT2D eigenvalue weighted by molar-refractivity contribution is -0.139. The van der Waals surface area contributed by atoms with Crippen molar-refractivity contribution in [3.05, 3.63) is 12.2 Å². The van der Waals surface area contributed by atoms with Gasteiger partial charge in [0.2, 0.25) is 11.8 Å². The number of hydrogen-bond acceptors (Lipinski definition) is 3. The van der Waals surface area contributed by atoms with Gasteiger partial charge in [0.1, 0.15) is 6.04 Å². The van der Waals surface area contributed by atoms with Gasteiger partial charge in [-0.2, -0.15) is 0 Å². The molecule has 6 nitrogen and oxygen atoms in total. The fourth-order valence-electron chi connectivity index (χ4n) is 1.82. The minimum absolute atomic E-state index is 0.125. The van der Waals surface area contributed by atoms with Gasteiger partial charge in [0, 0.05) is 32.8 Å². The van der Waals surface area contributed by atoms with Crippen molar-refractivity contribution in [1.29, 1.82) is 0 Å². The quantitative estimate of drug-likeness (QED) is 0.687. The highest BCUT2D eigenvalue weighted by Crippen LogP contribution is 2.19. The van der Waals surface area contributed by atoms with Gasteiger partial charge in [-0.25, -0.2) is 4.79 Å². The van der Waals surface area contributed by atoms with Crippen LogP contribution in [0.1, 0.15) is 12.8 Å². The maximum atomic E-state index is 11.8. The number of likely N-dealkylation sites (tertiary alicyclic amines) is 1. The molecule has 1 rings (SSSR count). The molecule has 2 amide bonds. The van der Waals surface area contributed by atoms with Gasteiger partial charge in [0.05, 0.1) is 0 Å². The van der Waals surface area contributed by atoms with Crippen molar-refractivity contribution in [2.24, 2.45) is 0 Å². The SMILES string of the molecule is CN(C)C(=O)C1CCCN1C(=O)/C=C/C(=O)O. The van der Waals surface area contributed by atoms with E-state index in [1.54, 1.807) is 14.1 Å². The van der Waals surface area contributed by atoms with E-state index in [4.69, 9.17) is 5.11 Å². The van der Waals surface area contributed by atoms with E-state index in [-0.39, 0.29) is 5.91 Å². The zero-order valence-electron chi connectivity index (χ0n) is 9.92. The first-order chi connectivity index (χ1) is 7.93. The summed E-state index contributed by atoms with van der Waals surface area (Å²) < 4.78 is 0. The molecule has 0 aromatic carbocycles. The summed E-state index contributed by atoms with van der Waals surface area (Å²) in [5, 5.41) is 8.44. The number of hydrogen-bond donors (Lipinski definition) is 1. The minimum atomic E-state index is -1.17. The van der Waals surface area contributed by atoms with Gasteiger partial charge in [-0.15, -0.1) is 0 Å². The molecule has 0 spiro atoms. The molecule has 0 saturated carbocycles. The second-order valence-corrected chi connectivity index (χ2v) is 4.09. The van der Waals surface area contributed by atoms with Crippen molar-refractivity contribution >= 4 is 17.8 Å². The van der Waals surface area contributed by atoms with Crippen LogP contribution in [0, 0.1) is 0 Å². The van der Waals surface area contributed by atoms with Crippen molar-refractivity contribution < 1.29 is 19.5 Å². The van der Waals surface area contributed by atoms with E-state index >= 15 is 0 Å². The average Bonchev–Trinajstić information content (AvgIpc) is 2.73. The number of aliphatic carboxylic acids is 1. The molecule has 0 radical (unpaired) electrons. The normalized spacial score (nSPS) is 19.6. The second kappa shape index (κ2) is 5.47. The monoisotopic (exact) mass is 240 g/mol. The number of nitrogens with zero attached hydrogens (tertiary/aromatic N) is 2. The summed E-state index contributed by atoms with van der Waals surface area (Å²) in [5.41, 5.74) is 0. The van der Waals surface area contributed by atoms with Crippen molar-refractivity contribution in [2.45, 2.75) is 18.9 Å². The van der Waals surface area contributed by atoms with E-state index in [0.29, 0.717) is 13.0 Å². The predicted octanol–water partition coefficient (Wildman–Crippen LogP) is -0.294. The molecule has 1 fully saturated rings. The molecule has 17 heavy (non-hydrogen) atoms. The van der Waals surface area contributed by atoms with Crippen LogP contribution in [0.5, 0.6) is 0 Å². The molecule has 0 aliphatic carbocycles. The Balaban J connectivity index is 2.72. The zero-order valence-corrected chi connectivity index (χ0v) is 9.92. The van der Waals surface area contributed by atoms with Gasteiger partial charge in [0.15, 0.2) is 0 Å². The van der Waals surface area contributed by atoms with Crippen LogP contribution in [0.15, 0.2) is 12.2 Å². The smallest absolute Gasteiger partial charge is 0.328 e. The number of rotatable bonds is 3. The molecule has 1 heterocycles. The summed E-state index contributed by atoms with van der Waals surface area (Å²) in [7, 11) is 3.27. The predicted molar refractivity (Wildman–Crippen MR) is 60.2 cm³/mol. The third-order valence-corrected chi connectivity index (χ3v) is 2.63. The summed E-state index contributed by atoms with van der Waals surface area (Å²) in [4.78, 5) is 36.7. The Morgan fingerprint density at radius 3 is 2.47 bits per heavy atom. The minimum Gasteiger partial charge on any atom is -0.478 e. The summed E-state index contributed by atoms with van der Waals surface area (Å²) in [6, 6.07) is -0.462. The maximum absolute atomic E-state index is 11.8. The molecule has 1 atom stereocenters. The van der Waals surface area contributed by atoms with Gasteiger partial charge in [-0.05, 0) is 12.8 Å². The lowest BCUT2D eigenvalue weighted by Crippen LogP contribution is -2.44. The number of carboxylic acids is 1. The topological polar surface area (TPSA) is 77.9 Å². The maximum Gasteiger partial charge on any atom is 0.328 e. The van der Waals surface area contributed by atoms with E-state index in [2.05, 4.69) is 0 Å². The van der Waals surface area contributed by atoms with Crippen LogP contribution in [0.4, 0.5) is 0 Å². The van der Waals surface area contributed by atoms with Crippen molar-refractivity contribution in [3.63, 3.8) is 0 Å². The summed E-state index contributed by atoms with van der Waals surface area (Å²) in [6.07, 6.45) is 3.17. The molecular formula is C11H16N2O4. The van der Waals surface area contributed by atoms with Gasteiger partial charge >= 0.3 is 5.97 Å². The first kappa shape index (κ1) is 13.2. The fraction of sp³-hybridized carbons (Fsp3) is 0.545. The molecule has 1 saturated heterocycles. The number of carbonyl (C=O) groups is 3. The number of carbonyl (C=O) groups excluding carboxylic acids is 2. The van der Waals surface area contributed by atoms with Crippen molar-refractivity contribution in [1.82, 2.24) is 9.80 Å². The van der Waals surface area contributed by atoms with Crippen LogP contribution in [0.25, 0.3) is 0 Å². The number of amides is 2. The number of likely N-dealkylation sites (N-methyl/N-ethyl adjacent to an activating group) is 1. The van der Waals surface area contributed by atoms with Crippen LogP contribution in [0.2, 0.25) is 0 Å². The van der Waals surface area contributed by atoms with Crippen LogP contribution in [0.3, 0.4) is 0 Å². The second-order valence-electron chi connectivity index (χ2n) is 4.09. The molecule has 6 heteroatoms. The van der Waals surface area contributed by atoms with Crippen molar-refractivity contribution in [2.75, 3.05) is 20.6 Å². The molecule has 94 valence electrons. The Bertz CT molecular complexity index is 362. The Hall–Kier alpha value is -1.85. The Labute approximate surface area is 99.5 Å². The lowest BCUT2D eigenvalue weighted by Gasteiger charge is -2.25. The van der Waals surface area contributed by atoms with Crippen LogP contribution in [-0.2, 0) is 14.4 Å². The van der Waals surface area contributed by atoms with Gasteiger partial charge in [-0.1, -0.05) is 0 Å². The van der Waals surface area contributed by atoms with E-state index in [1.165, 1.54) is 9.80 Å². The van der Waals surface area contributed by atoms with Crippen LogP contribution in [-0.4, -0.2) is 59.4 Å². The van der Waals surface area contributed by atoms with E-state index in [1.807, 2.05) is 0 Å². The summed E-state index contributed by atoms with van der Waals surface area (Å²) >= 11 is 0. The molecule has 1 N–H and O–H groups in total. The molecular weight excluding hydrogens is 224 g/mol. The Morgan fingerprint density at radius 1 is 1.29 bits per heavy atom. The highest BCUT2D eigenvalue weighted by Gasteiger charge is 2.33. The first-order valence-electron chi connectivity index (χ1n) is 5.36. The first-order valence-corrected chi connectivity index (χ1v) is 5.36. The highest BCUT2D eigenvalue weighted by atomic mass is 16.4. The fourth-order valence-corrected chi connectivity index (χ4v) is 1.82. The van der Waals surface area contributed by atoms with E-state index in [9.17, 15) is 14.4 Å². The van der Waals surface area contributed by atoms with Crippen molar-refractivity contribution in [3.8, 4) is 0 Å². The number of carboxylic acid groups (broad SMARTS) is 1. The van der Waals surface area contributed by atoms with Gasteiger partial charge < -0.3 is 14.9 Å². The lowest BCUT2D eigenvalue weighted by atomic mass is 10.2. The molecule has 1 unspecified atom stereocenters. The molecule has 0 aromatic rings. The van der Waals surface area contributed by atoms with E-state index < -0.39 is 17.9 Å². The molecule has 0 aromatic heterocycles. The third-order valence-electron chi connectivity index (χ3n) is 2.63. The highest BCUT2D eigenvalue weighted by molar-refractivity contribution is 5.96. The zero-order chi connectivity index (χ0) is 13.0. The Kier molecular flexibility index (Phi) is 4.25. The average molecular weight is 240 g/mol. The third kappa shape index (κ3) is 3.30. The largest absolute Gasteiger partial charge is 0.478 e. The van der Waals surface area contributed by atoms with E-state index in [0.717, 1.165) is 18.6 Å². The van der Waals surface area contributed by atoms with Gasteiger partial charge in [-0.3, -0.25) is 9.59 Å². The van der Waals surface area contributed by atoms with Crippen LogP contribution >= 0.6 is 0 Å². The Morgan fingerprint density at radius 2 is 1.94 bits per heavy atom. The van der Waals surface area contributed by atoms with Crippen LogP contribution < -0.4 is 0 Å².